The maximum atomic E-state index is 12.4. The Morgan fingerprint density at radius 2 is 1.97 bits per heavy atom. The molecule has 1 heterocycles. The molecular weight excluding hydrogens is 370 g/mol. The minimum absolute atomic E-state index is 0.183. The van der Waals surface area contributed by atoms with Gasteiger partial charge in [0, 0.05) is 17.7 Å². The van der Waals surface area contributed by atoms with Crippen LogP contribution in [0.5, 0.6) is 17.2 Å². The van der Waals surface area contributed by atoms with Crippen molar-refractivity contribution >= 4 is 5.97 Å². The molecule has 0 aliphatic carbocycles. The molecule has 0 spiro atoms. The summed E-state index contributed by atoms with van der Waals surface area (Å²) in [7, 11) is 3.25. The van der Waals surface area contributed by atoms with Gasteiger partial charge < -0.3 is 19.3 Å². The molecule has 0 radical (unpaired) electrons. The molecule has 1 aliphatic rings. The number of esters is 1. The van der Waals surface area contributed by atoms with Crippen molar-refractivity contribution in [1.29, 1.82) is 0 Å². The second kappa shape index (κ2) is 9.65. The summed E-state index contributed by atoms with van der Waals surface area (Å²) < 4.78 is 16.1. The minimum Gasteiger partial charge on any atom is -0.508 e. The highest BCUT2D eigenvalue weighted by Crippen LogP contribution is 2.36. The molecule has 0 unspecified atom stereocenters. The van der Waals surface area contributed by atoms with Crippen LogP contribution in [-0.2, 0) is 16.1 Å². The molecule has 1 aliphatic heterocycles. The normalized spacial score (nSPS) is 17.0. The molecule has 156 valence electrons. The number of carbonyl (C=O) groups excluding carboxylic acids is 1. The summed E-state index contributed by atoms with van der Waals surface area (Å²) in [5.41, 5.74) is 2.57. The van der Waals surface area contributed by atoms with Gasteiger partial charge in [-0.15, -0.1) is 0 Å². The lowest BCUT2D eigenvalue weighted by Crippen LogP contribution is -2.44. The van der Waals surface area contributed by atoms with E-state index < -0.39 is 0 Å². The van der Waals surface area contributed by atoms with Gasteiger partial charge in [-0.3, -0.25) is 9.69 Å². The molecule has 6 nitrogen and oxygen atoms in total. The van der Waals surface area contributed by atoms with E-state index in [0.29, 0.717) is 13.2 Å². The smallest absolute Gasteiger partial charge is 0.323 e. The lowest BCUT2D eigenvalue weighted by molar-refractivity contribution is -0.151. The number of piperidine rings is 1. The fourth-order valence-electron chi connectivity index (χ4n) is 3.82. The zero-order valence-corrected chi connectivity index (χ0v) is 17.3. The summed E-state index contributed by atoms with van der Waals surface area (Å²) in [5, 5.41) is 10.5. The molecule has 29 heavy (non-hydrogen) atoms. The van der Waals surface area contributed by atoms with Crippen LogP contribution in [0.1, 0.15) is 31.7 Å². The highest BCUT2D eigenvalue weighted by molar-refractivity contribution is 5.76. The number of rotatable bonds is 7. The van der Waals surface area contributed by atoms with Crippen molar-refractivity contribution in [3.8, 4) is 28.4 Å². The largest absolute Gasteiger partial charge is 0.508 e. The van der Waals surface area contributed by atoms with Crippen LogP contribution >= 0.6 is 0 Å². The minimum atomic E-state index is -0.266. The van der Waals surface area contributed by atoms with Crippen LogP contribution in [0.2, 0.25) is 0 Å². The van der Waals surface area contributed by atoms with E-state index in [1.165, 1.54) is 0 Å². The van der Waals surface area contributed by atoms with Crippen molar-refractivity contribution in [2.75, 3.05) is 27.4 Å². The van der Waals surface area contributed by atoms with Crippen molar-refractivity contribution in [2.24, 2.45) is 0 Å². The lowest BCUT2D eigenvalue weighted by atomic mass is 9.98. The SMILES string of the molecule is CCOC(=O)[C@H]1CCCCN1Cc1cc(-c2cc(OC)ccc2OC)ccc1O. The topological polar surface area (TPSA) is 68.2 Å². The van der Waals surface area contributed by atoms with Crippen LogP contribution in [-0.4, -0.2) is 49.4 Å². The first kappa shape index (κ1) is 21.0. The number of likely N-dealkylation sites (tertiary alicyclic amines) is 1. The van der Waals surface area contributed by atoms with Crippen molar-refractivity contribution < 1.29 is 24.1 Å². The maximum Gasteiger partial charge on any atom is 0.323 e. The Morgan fingerprint density at radius 1 is 1.14 bits per heavy atom. The van der Waals surface area contributed by atoms with Crippen LogP contribution in [0, 0.1) is 0 Å². The number of methoxy groups -OCH3 is 2. The van der Waals surface area contributed by atoms with E-state index in [1.54, 1.807) is 20.3 Å². The Bertz CT molecular complexity index is 851. The third-order valence-electron chi connectivity index (χ3n) is 5.34. The second-order valence-corrected chi connectivity index (χ2v) is 7.14. The van der Waals surface area contributed by atoms with Crippen LogP contribution in [0.15, 0.2) is 36.4 Å². The standard InChI is InChI=1S/C23H29NO5/c1-4-29-23(26)20-7-5-6-12-24(20)15-17-13-16(8-10-21(17)25)19-14-18(27-2)9-11-22(19)28-3/h8-11,13-14,20,25H,4-7,12,15H2,1-3H3/t20-/m1/s1. The molecule has 0 saturated carbocycles. The van der Waals surface area contributed by atoms with Crippen molar-refractivity contribution in [3.05, 3.63) is 42.0 Å². The fraction of sp³-hybridized carbons (Fsp3) is 0.435. The average molecular weight is 399 g/mol. The van der Waals surface area contributed by atoms with Gasteiger partial charge in [0.05, 0.1) is 20.8 Å². The molecule has 0 amide bonds. The lowest BCUT2D eigenvalue weighted by Gasteiger charge is -2.34. The summed E-state index contributed by atoms with van der Waals surface area (Å²) in [5.74, 6) is 1.49. The number of ether oxygens (including phenoxy) is 3. The van der Waals surface area contributed by atoms with Crippen LogP contribution in [0.3, 0.4) is 0 Å². The molecule has 1 atom stereocenters. The Hall–Kier alpha value is -2.73. The van der Waals surface area contributed by atoms with E-state index in [1.807, 2.05) is 37.3 Å². The monoisotopic (exact) mass is 399 g/mol. The fourth-order valence-corrected chi connectivity index (χ4v) is 3.82. The average Bonchev–Trinajstić information content (AvgIpc) is 2.75. The molecule has 2 aromatic rings. The Labute approximate surface area is 172 Å². The molecule has 1 fully saturated rings. The summed E-state index contributed by atoms with van der Waals surface area (Å²) in [6, 6.07) is 10.9. The summed E-state index contributed by atoms with van der Waals surface area (Å²) in [4.78, 5) is 14.5. The van der Waals surface area contributed by atoms with Crippen molar-refractivity contribution in [1.82, 2.24) is 4.90 Å². The molecule has 0 bridgehead atoms. The number of hydrogen-bond donors (Lipinski definition) is 1. The van der Waals surface area contributed by atoms with Crippen molar-refractivity contribution in [2.45, 2.75) is 38.8 Å². The van der Waals surface area contributed by atoms with Gasteiger partial charge in [0.15, 0.2) is 0 Å². The van der Waals surface area contributed by atoms with E-state index >= 15 is 0 Å². The first-order valence-corrected chi connectivity index (χ1v) is 10.0. The van der Waals surface area contributed by atoms with Crippen molar-refractivity contribution in [3.63, 3.8) is 0 Å². The summed E-state index contributed by atoms with van der Waals surface area (Å²) >= 11 is 0. The van der Waals surface area contributed by atoms with E-state index in [2.05, 4.69) is 4.90 Å². The van der Waals surface area contributed by atoms with Crippen LogP contribution < -0.4 is 9.47 Å². The maximum absolute atomic E-state index is 12.4. The number of phenolic OH excluding ortho intramolecular Hbond substituents is 1. The van der Waals surface area contributed by atoms with Gasteiger partial charge in [0.25, 0.3) is 0 Å². The van der Waals surface area contributed by atoms with Gasteiger partial charge in [0.1, 0.15) is 23.3 Å². The predicted molar refractivity (Wildman–Crippen MR) is 111 cm³/mol. The molecule has 1 saturated heterocycles. The van der Waals surface area contributed by atoms with E-state index in [4.69, 9.17) is 14.2 Å². The van der Waals surface area contributed by atoms with Gasteiger partial charge >= 0.3 is 5.97 Å². The third kappa shape index (κ3) is 4.82. The molecule has 1 N–H and O–H groups in total. The van der Waals surface area contributed by atoms with Gasteiger partial charge in [-0.1, -0.05) is 12.5 Å². The van der Waals surface area contributed by atoms with Gasteiger partial charge in [-0.2, -0.15) is 0 Å². The summed E-state index contributed by atoms with van der Waals surface area (Å²) in [6.45, 7) is 3.48. The number of nitrogens with zero attached hydrogens (tertiary/aromatic N) is 1. The van der Waals surface area contributed by atoms with Gasteiger partial charge in [0.2, 0.25) is 0 Å². The molecule has 2 aromatic carbocycles. The van der Waals surface area contributed by atoms with E-state index in [-0.39, 0.29) is 17.8 Å². The van der Waals surface area contributed by atoms with Gasteiger partial charge in [-0.25, -0.2) is 0 Å². The highest BCUT2D eigenvalue weighted by Gasteiger charge is 2.30. The predicted octanol–water partition coefficient (Wildman–Crippen LogP) is 3.99. The second-order valence-electron chi connectivity index (χ2n) is 7.14. The summed E-state index contributed by atoms with van der Waals surface area (Å²) in [6.07, 6.45) is 2.82. The first-order valence-electron chi connectivity index (χ1n) is 10.0. The Kier molecular flexibility index (Phi) is 6.99. The molecule has 0 aromatic heterocycles. The first-order chi connectivity index (χ1) is 14.1. The van der Waals surface area contributed by atoms with Crippen LogP contribution in [0.25, 0.3) is 11.1 Å². The molecule has 3 rings (SSSR count). The molecular formula is C23H29NO5. The number of aromatic hydroxyl groups is 1. The zero-order valence-electron chi connectivity index (χ0n) is 17.3. The van der Waals surface area contributed by atoms with E-state index in [9.17, 15) is 9.90 Å². The van der Waals surface area contributed by atoms with E-state index in [0.717, 1.165) is 54.0 Å². The quantitative estimate of drug-likeness (QED) is 0.710. The third-order valence-corrected chi connectivity index (χ3v) is 5.34. The number of phenols is 1. The number of hydrogen-bond acceptors (Lipinski definition) is 6. The number of benzene rings is 2. The Balaban J connectivity index is 1.90. The van der Waals surface area contributed by atoms with Gasteiger partial charge in [-0.05, 0) is 62.2 Å². The molecule has 6 heteroatoms. The van der Waals surface area contributed by atoms with Crippen LogP contribution in [0.4, 0.5) is 0 Å². The number of carbonyl (C=O) groups is 1. The zero-order chi connectivity index (χ0) is 20.8. The highest BCUT2D eigenvalue weighted by atomic mass is 16.5. The Morgan fingerprint density at radius 3 is 2.69 bits per heavy atom.